The van der Waals surface area contributed by atoms with E-state index in [4.69, 9.17) is 4.74 Å². The predicted molar refractivity (Wildman–Crippen MR) is 73.9 cm³/mol. The summed E-state index contributed by atoms with van der Waals surface area (Å²) in [5.74, 6) is -0.552. The first-order valence-electron chi connectivity index (χ1n) is 6.46. The second kappa shape index (κ2) is 9.25. The fourth-order valence-corrected chi connectivity index (χ4v) is 1.47. The molecule has 5 nitrogen and oxygen atoms in total. The van der Waals surface area contributed by atoms with Gasteiger partial charge in [0.2, 0.25) is 0 Å². The van der Waals surface area contributed by atoms with E-state index >= 15 is 0 Å². The van der Waals surface area contributed by atoms with Crippen molar-refractivity contribution in [3.05, 3.63) is 48.0 Å². The molecule has 5 heteroatoms. The van der Waals surface area contributed by atoms with Gasteiger partial charge in [0.15, 0.2) is 0 Å². The summed E-state index contributed by atoms with van der Waals surface area (Å²) < 4.78 is 9.96. The van der Waals surface area contributed by atoms with Gasteiger partial charge in [-0.2, -0.15) is 0 Å². The van der Waals surface area contributed by atoms with E-state index in [0.717, 1.165) is 11.6 Å². The molecule has 0 aromatic heterocycles. The van der Waals surface area contributed by atoms with E-state index in [9.17, 15) is 15.0 Å². The van der Waals surface area contributed by atoms with Crippen molar-refractivity contribution >= 4 is 5.97 Å². The minimum atomic E-state index is -1.17. The molecular formula is C15H20O5. The van der Waals surface area contributed by atoms with Gasteiger partial charge < -0.3 is 19.7 Å². The number of esters is 1. The standard InChI is InChI=1S/C15H20O5/c1-2-20-15(18)9-8-13(16)14(17)11-19-10-12-6-4-3-5-7-12/h3-9,13-14,16-17H,2,10-11H2,1H3/b9-8+/t13-,14+/m0/s1. The monoisotopic (exact) mass is 280 g/mol. The predicted octanol–water partition coefficient (Wildman–Crippen LogP) is 1.04. The molecule has 20 heavy (non-hydrogen) atoms. The van der Waals surface area contributed by atoms with Crippen LogP contribution in [0.1, 0.15) is 12.5 Å². The smallest absolute Gasteiger partial charge is 0.330 e. The Morgan fingerprint density at radius 2 is 2.00 bits per heavy atom. The average molecular weight is 280 g/mol. The van der Waals surface area contributed by atoms with Crippen molar-refractivity contribution < 1.29 is 24.5 Å². The minimum Gasteiger partial charge on any atom is -0.463 e. The van der Waals surface area contributed by atoms with Gasteiger partial charge in [-0.1, -0.05) is 30.3 Å². The summed E-state index contributed by atoms with van der Waals surface area (Å²) in [7, 11) is 0. The average Bonchev–Trinajstić information content (AvgIpc) is 2.46. The van der Waals surface area contributed by atoms with Crippen LogP contribution in [0.3, 0.4) is 0 Å². The summed E-state index contributed by atoms with van der Waals surface area (Å²) in [4.78, 5) is 11.0. The number of hydrogen-bond acceptors (Lipinski definition) is 5. The number of carbonyl (C=O) groups excluding carboxylic acids is 1. The third-order valence-electron chi connectivity index (χ3n) is 2.51. The zero-order valence-corrected chi connectivity index (χ0v) is 11.4. The Bertz CT molecular complexity index is 416. The van der Waals surface area contributed by atoms with Crippen LogP contribution in [0.2, 0.25) is 0 Å². The Labute approximate surface area is 118 Å². The van der Waals surface area contributed by atoms with Crippen molar-refractivity contribution in [1.29, 1.82) is 0 Å². The topological polar surface area (TPSA) is 76.0 Å². The zero-order valence-electron chi connectivity index (χ0n) is 11.4. The van der Waals surface area contributed by atoms with Gasteiger partial charge in [0.1, 0.15) is 12.2 Å². The Hall–Kier alpha value is -1.69. The van der Waals surface area contributed by atoms with E-state index in [1.807, 2.05) is 30.3 Å². The van der Waals surface area contributed by atoms with Crippen molar-refractivity contribution in [3.8, 4) is 0 Å². The molecule has 2 atom stereocenters. The molecule has 0 aliphatic carbocycles. The van der Waals surface area contributed by atoms with Crippen LogP contribution in [0.15, 0.2) is 42.5 Å². The van der Waals surface area contributed by atoms with Crippen LogP contribution in [-0.4, -0.2) is 41.6 Å². The highest BCUT2D eigenvalue weighted by atomic mass is 16.5. The summed E-state index contributed by atoms with van der Waals surface area (Å²) in [6, 6.07) is 9.51. The number of benzene rings is 1. The van der Waals surface area contributed by atoms with Crippen LogP contribution in [0, 0.1) is 0 Å². The number of rotatable bonds is 8. The molecule has 0 spiro atoms. The fourth-order valence-electron chi connectivity index (χ4n) is 1.47. The fraction of sp³-hybridized carbons (Fsp3) is 0.400. The Morgan fingerprint density at radius 1 is 1.30 bits per heavy atom. The third kappa shape index (κ3) is 6.47. The lowest BCUT2D eigenvalue weighted by molar-refractivity contribution is -0.137. The van der Waals surface area contributed by atoms with E-state index in [1.165, 1.54) is 6.08 Å². The van der Waals surface area contributed by atoms with Gasteiger partial charge in [-0.05, 0) is 18.6 Å². The summed E-state index contributed by atoms with van der Waals surface area (Å²) in [6.45, 7) is 2.28. The van der Waals surface area contributed by atoms with Crippen molar-refractivity contribution in [3.63, 3.8) is 0 Å². The quantitative estimate of drug-likeness (QED) is 0.550. The molecule has 0 bridgehead atoms. The first-order valence-corrected chi connectivity index (χ1v) is 6.46. The van der Waals surface area contributed by atoms with Crippen LogP contribution in [0.4, 0.5) is 0 Å². The SMILES string of the molecule is CCOC(=O)/C=C/[C@H](O)[C@H](O)COCc1ccccc1. The molecule has 0 amide bonds. The molecular weight excluding hydrogens is 260 g/mol. The maximum absolute atomic E-state index is 11.0. The Morgan fingerprint density at radius 3 is 2.65 bits per heavy atom. The summed E-state index contributed by atoms with van der Waals surface area (Å²) in [5, 5.41) is 19.3. The molecule has 0 saturated heterocycles. The zero-order chi connectivity index (χ0) is 14.8. The van der Waals surface area contributed by atoms with Gasteiger partial charge in [-0.15, -0.1) is 0 Å². The van der Waals surface area contributed by atoms with Crippen LogP contribution in [0.25, 0.3) is 0 Å². The minimum absolute atomic E-state index is 0.0246. The van der Waals surface area contributed by atoms with Gasteiger partial charge in [-0.25, -0.2) is 4.79 Å². The van der Waals surface area contributed by atoms with Gasteiger partial charge in [0, 0.05) is 6.08 Å². The maximum atomic E-state index is 11.0. The lowest BCUT2D eigenvalue weighted by Crippen LogP contribution is -2.29. The molecule has 110 valence electrons. The van der Waals surface area contributed by atoms with Crippen molar-refractivity contribution in [1.82, 2.24) is 0 Å². The normalized spacial score (nSPS) is 14.2. The van der Waals surface area contributed by atoms with Gasteiger partial charge >= 0.3 is 5.97 Å². The van der Waals surface area contributed by atoms with E-state index in [2.05, 4.69) is 4.74 Å². The van der Waals surface area contributed by atoms with Crippen molar-refractivity contribution in [2.45, 2.75) is 25.7 Å². The molecule has 1 aromatic carbocycles. The van der Waals surface area contributed by atoms with Crippen molar-refractivity contribution in [2.24, 2.45) is 0 Å². The second-order valence-corrected chi connectivity index (χ2v) is 4.17. The molecule has 1 rings (SSSR count). The van der Waals surface area contributed by atoms with Gasteiger partial charge in [0.25, 0.3) is 0 Å². The molecule has 0 heterocycles. The highest BCUT2D eigenvalue weighted by Crippen LogP contribution is 2.03. The molecule has 2 N–H and O–H groups in total. The number of aliphatic hydroxyl groups excluding tert-OH is 2. The molecule has 0 saturated carbocycles. The molecule has 0 aliphatic heterocycles. The molecule has 0 aliphatic rings. The molecule has 0 fully saturated rings. The lowest BCUT2D eigenvalue weighted by atomic mass is 10.2. The molecule has 0 unspecified atom stereocenters. The van der Waals surface area contributed by atoms with Gasteiger partial charge in [0.05, 0.1) is 19.8 Å². The third-order valence-corrected chi connectivity index (χ3v) is 2.51. The number of carbonyl (C=O) groups is 1. The van der Waals surface area contributed by atoms with E-state index < -0.39 is 18.2 Å². The van der Waals surface area contributed by atoms with Crippen LogP contribution >= 0.6 is 0 Å². The van der Waals surface area contributed by atoms with E-state index in [1.54, 1.807) is 6.92 Å². The van der Waals surface area contributed by atoms with Crippen molar-refractivity contribution in [2.75, 3.05) is 13.2 Å². The highest BCUT2D eigenvalue weighted by Gasteiger charge is 2.13. The Balaban J connectivity index is 2.27. The van der Waals surface area contributed by atoms with E-state index in [0.29, 0.717) is 6.61 Å². The number of ether oxygens (including phenoxy) is 2. The number of hydrogen-bond donors (Lipinski definition) is 2. The first kappa shape index (κ1) is 16.4. The second-order valence-electron chi connectivity index (χ2n) is 4.17. The van der Waals surface area contributed by atoms with Gasteiger partial charge in [-0.3, -0.25) is 0 Å². The summed E-state index contributed by atoms with van der Waals surface area (Å²) in [6.07, 6.45) is 0.0166. The highest BCUT2D eigenvalue weighted by molar-refractivity contribution is 5.81. The van der Waals surface area contributed by atoms with Crippen LogP contribution in [0.5, 0.6) is 0 Å². The molecule has 1 aromatic rings. The lowest BCUT2D eigenvalue weighted by Gasteiger charge is -2.14. The van der Waals surface area contributed by atoms with Crippen LogP contribution in [-0.2, 0) is 20.9 Å². The largest absolute Gasteiger partial charge is 0.463 e. The summed E-state index contributed by atoms with van der Waals surface area (Å²) >= 11 is 0. The summed E-state index contributed by atoms with van der Waals surface area (Å²) in [5.41, 5.74) is 0.983. The maximum Gasteiger partial charge on any atom is 0.330 e. The van der Waals surface area contributed by atoms with E-state index in [-0.39, 0.29) is 13.2 Å². The van der Waals surface area contributed by atoms with Crippen LogP contribution < -0.4 is 0 Å². The number of aliphatic hydroxyl groups is 2. The first-order chi connectivity index (χ1) is 9.63. The molecule has 0 radical (unpaired) electrons. The Kier molecular flexibility index (Phi) is 7.57.